The first-order valence-corrected chi connectivity index (χ1v) is 11.0. The summed E-state index contributed by atoms with van der Waals surface area (Å²) in [5.74, 6) is 0.389. The predicted octanol–water partition coefficient (Wildman–Crippen LogP) is 2.99. The molecule has 0 bridgehead atoms. The Bertz CT molecular complexity index is 1400. The van der Waals surface area contributed by atoms with Crippen LogP contribution in [0.2, 0.25) is 0 Å². The van der Waals surface area contributed by atoms with Gasteiger partial charge in [-0.2, -0.15) is 4.98 Å². The molecule has 0 atom stereocenters. The van der Waals surface area contributed by atoms with Crippen LogP contribution in [0, 0.1) is 0 Å². The fourth-order valence-electron chi connectivity index (χ4n) is 3.58. The van der Waals surface area contributed by atoms with Crippen molar-refractivity contribution in [2.75, 3.05) is 16.2 Å². The summed E-state index contributed by atoms with van der Waals surface area (Å²) in [4.78, 5) is 26.0. The van der Waals surface area contributed by atoms with Crippen molar-refractivity contribution in [2.24, 2.45) is 0 Å². The second-order valence-electron chi connectivity index (χ2n) is 7.09. The highest BCUT2D eigenvalue weighted by Gasteiger charge is 2.25. The van der Waals surface area contributed by atoms with E-state index in [1.807, 2.05) is 0 Å². The average molecular weight is 435 g/mol. The molecule has 0 radical (unpaired) electrons. The maximum atomic E-state index is 12.9. The molecule has 0 unspecified atom stereocenters. The molecule has 5 rings (SSSR count). The largest absolute Gasteiger partial charge is 0.434 e. The van der Waals surface area contributed by atoms with E-state index in [2.05, 4.69) is 19.7 Å². The van der Waals surface area contributed by atoms with Gasteiger partial charge in [0.05, 0.1) is 4.90 Å². The SMILES string of the molecule is CC(=O)N1CCc2cc(S(=O)(=O)Nc3cc(-c4nc5ncccc5o4)ccn3)ccc21. The fraction of sp³-hybridized carbons (Fsp3) is 0.143. The Morgan fingerprint density at radius 3 is 2.81 bits per heavy atom. The minimum absolute atomic E-state index is 0.0668. The summed E-state index contributed by atoms with van der Waals surface area (Å²) in [6.07, 6.45) is 3.70. The third-order valence-corrected chi connectivity index (χ3v) is 6.40. The second-order valence-corrected chi connectivity index (χ2v) is 8.77. The summed E-state index contributed by atoms with van der Waals surface area (Å²) in [7, 11) is -3.88. The molecule has 1 aliphatic rings. The molecular formula is C21H17N5O4S. The van der Waals surface area contributed by atoms with Crippen LogP contribution in [-0.4, -0.2) is 35.8 Å². The van der Waals surface area contributed by atoms with Crippen molar-refractivity contribution in [1.82, 2.24) is 15.0 Å². The van der Waals surface area contributed by atoms with Crippen molar-refractivity contribution in [2.45, 2.75) is 18.2 Å². The molecule has 156 valence electrons. The Hall–Kier alpha value is -3.79. The first-order valence-electron chi connectivity index (χ1n) is 9.52. The van der Waals surface area contributed by atoms with E-state index in [1.165, 1.54) is 19.2 Å². The molecule has 0 saturated carbocycles. The lowest BCUT2D eigenvalue weighted by Gasteiger charge is -2.15. The van der Waals surface area contributed by atoms with Crippen LogP contribution in [0.4, 0.5) is 11.5 Å². The van der Waals surface area contributed by atoms with E-state index in [0.717, 1.165) is 11.3 Å². The minimum atomic E-state index is -3.88. The van der Waals surface area contributed by atoms with Crippen LogP contribution in [0.25, 0.3) is 22.7 Å². The number of amides is 1. The number of carbonyl (C=O) groups is 1. The number of anilines is 2. The summed E-state index contributed by atoms with van der Waals surface area (Å²) in [6, 6.07) is 11.5. The second kappa shape index (κ2) is 7.17. The molecule has 0 saturated heterocycles. The number of rotatable bonds is 4. The summed E-state index contributed by atoms with van der Waals surface area (Å²) in [5, 5.41) is 0. The van der Waals surface area contributed by atoms with Gasteiger partial charge in [-0.05, 0) is 54.4 Å². The number of hydrogen-bond acceptors (Lipinski definition) is 7. The van der Waals surface area contributed by atoms with Crippen LogP contribution in [-0.2, 0) is 21.2 Å². The maximum Gasteiger partial charge on any atom is 0.263 e. The zero-order valence-corrected chi connectivity index (χ0v) is 17.3. The smallest absolute Gasteiger partial charge is 0.263 e. The Labute approximate surface area is 177 Å². The molecule has 4 aromatic rings. The van der Waals surface area contributed by atoms with Gasteiger partial charge >= 0.3 is 0 Å². The van der Waals surface area contributed by atoms with E-state index in [0.29, 0.717) is 35.6 Å². The maximum absolute atomic E-state index is 12.9. The van der Waals surface area contributed by atoms with Gasteiger partial charge in [0.1, 0.15) is 5.82 Å². The molecule has 1 aliphatic heterocycles. The lowest BCUT2D eigenvalue weighted by atomic mass is 10.2. The fourth-order valence-corrected chi connectivity index (χ4v) is 4.63. The Balaban J connectivity index is 1.43. The van der Waals surface area contributed by atoms with Gasteiger partial charge in [-0.1, -0.05) is 0 Å². The van der Waals surface area contributed by atoms with Gasteiger partial charge in [0.2, 0.25) is 11.8 Å². The number of oxazole rings is 1. The molecule has 0 fully saturated rings. The van der Waals surface area contributed by atoms with Gasteiger partial charge in [0, 0.05) is 37.1 Å². The topological polar surface area (TPSA) is 118 Å². The van der Waals surface area contributed by atoms with Crippen LogP contribution >= 0.6 is 0 Å². The number of aromatic nitrogens is 3. The predicted molar refractivity (Wildman–Crippen MR) is 114 cm³/mol. The molecule has 4 heterocycles. The van der Waals surface area contributed by atoms with Crippen LogP contribution in [0.15, 0.2) is 64.2 Å². The minimum Gasteiger partial charge on any atom is -0.434 e. The number of nitrogens with one attached hydrogen (secondary N) is 1. The molecular weight excluding hydrogens is 418 g/mol. The van der Waals surface area contributed by atoms with E-state index in [-0.39, 0.29) is 16.6 Å². The van der Waals surface area contributed by atoms with Gasteiger partial charge < -0.3 is 9.32 Å². The van der Waals surface area contributed by atoms with Crippen molar-refractivity contribution >= 4 is 38.7 Å². The number of benzene rings is 1. The molecule has 1 N–H and O–H groups in total. The summed E-state index contributed by atoms with van der Waals surface area (Å²) >= 11 is 0. The first-order chi connectivity index (χ1) is 14.9. The Morgan fingerprint density at radius 2 is 2.00 bits per heavy atom. The van der Waals surface area contributed by atoms with Crippen LogP contribution in [0.5, 0.6) is 0 Å². The summed E-state index contributed by atoms with van der Waals surface area (Å²) in [5.41, 5.74) is 3.13. The molecule has 1 amide bonds. The van der Waals surface area contributed by atoms with Gasteiger partial charge in [-0.25, -0.2) is 18.4 Å². The van der Waals surface area contributed by atoms with Crippen LogP contribution in [0.3, 0.4) is 0 Å². The zero-order valence-electron chi connectivity index (χ0n) is 16.4. The molecule has 3 aromatic heterocycles. The monoisotopic (exact) mass is 435 g/mol. The van der Waals surface area contributed by atoms with E-state index in [9.17, 15) is 13.2 Å². The average Bonchev–Trinajstić information content (AvgIpc) is 3.37. The standard InChI is InChI=1S/C21H17N5O4S/c1-13(27)26-10-7-14-11-16(4-5-17(14)26)31(28,29)25-19-12-15(6-9-22-19)21-24-20-18(30-21)3-2-8-23-20/h2-6,8-9,11-12H,7,10H2,1H3,(H,22,25). The molecule has 31 heavy (non-hydrogen) atoms. The summed E-state index contributed by atoms with van der Waals surface area (Å²) < 4.78 is 34.0. The first kappa shape index (κ1) is 19.2. The Morgan fingerprint density at radius 1 is 1.13 bits per heavy atom. The highest BCUT2D eigenvalue weighted by Crippen LogP contribution is 2.31. The van der Waals surface area contributed by atoms with E-state index in [1.54, 1.807) is 47.5 Å². The van der Waals surface area contributed by atoms with Gasteiger partial charge in [-0.3, -0.25) is 9.52 Å². The third kappa shape index (κ3) is 3.50. The van der Waals surface area contributed by atoms with Crippen LogP contribution < -0.4 is 9.62 Å². The van der Waals surface area contributed by atoms with Crippen molar-refractivity contribution < 1.29 is 17.6 Å². The highest BCUT2D eigenvalue weighted by atomic mass is 32.2. The number of pyridine rings is 2. The number of hydrogen-bond donors (Lipinski definition) is 1. The molecule has 10 heteroatoms. The number of carbonyl (C=O) groups excluding carboxylic acids is 1. The summed E-state index contributed by atoms with van der Waals surface area (Å²) in [6.45, 7) is 2.04. The van der Waals surface area contributed by atoms with Gasteiger partial charge in [0.15, 0.2) is 11.2 Å². The quantitative estimate of drug-likeness (QED) is 0.523. The van der Waals surface area contributed by atoms with E-state index in [4.69, 9.17) is 4.42 Å². The van der Waals surface area contributed by atoms with Crippen molar-refractivity contribution in [1.29, 1.82) is 0 Å². The highest BCUT2D eigenvalue weighted by molar-refractivity contribution is 7.92. The van der Waals surface area contributed by atoms with Crippen molar-refractivity contribution in [3.8, 4) is 11.5 Å². The normalized spacial score (nSPS) is 13.4. The lowest BCUT2D eigenvalue weighted by molar-refractivity contribution is -0.116. The van der Waals surface area contributed by atoms with E-state index < -0.39 is 10.0 Å². The van der Waals surface area contributed by atoms with Gasteiger partial charge in [0.25, 0.3) is 10.0 Å². The molecule has 1 aromatic carbocycles. The van der Waals surface area contributed by atoms with E-state index >= 15 is 0 Å². The van der Waals surface area contributed by atoms with Crippen LogP contribution in [0.1, 0.15) is 12.5 Å². The van der Waals surface area contributed by atoms with Crippen molar-refractivity contribution in [3.05, 3.63) is 60.4 Å². The molecule has 0 aliphatic carbocycles. The molecule has 9 nitrogen and oxygen atoms in total. The number of fused-ring (bicyclic) bond motifs is 2. The zero-order chi connectivity index (χ0) is 21.6. The molecule has 0 spiro atoms. The van der Waals surface area contributed by atoms with Gasteiger partial charge in [-0.15, -0.1) is 0 Å². The number of sulfonamides is 1. The van der Waals surface area contributed by atoms with Crippen molar-refractivity contribution in [3.63, 3.8) is 0 Å². The Kier molecular flexibility index (Phi) is 4.44. The number of nitrogens with zero attached hydrogens (tertiary/aromatic N) is 4. The third-order valence-electron chi connectivity index (χ3n) is 5.05. The lowest BCUT2D eigenvalue weighted by Crippen LogP contribution is -2.25.